The molecule has 1 rings (SSSR count). The van der Waals surface area contributed by atoms with Crippen LogP contribution in [0.25, 0.3) is 0 Å². The maximum Gasteiger partial charge on any atom is 0.123 e. The number of aliphatic hydroxyl groups excluding tert-OH is 1. The average molecular weight is 252 g/mol. The molecule has 1 aliphatic heterocycles. The number of hydrogen-bond acceptors (Lipinski definition) is 3. The molecule has 1 heterocycles. The first kappa shape index (κ1) is 15.2. The number of nitrogens with zero attached hydrogens (tertiary/aromatic N) is 2. The van der Waals surface area contributed by atoms with Gasteiger partial charge in [0.15, 0.2) is 0 Å². The number of amidine groups is 1. The fourth-order valence-electron chi connectivity index (χ4n) is 2.24. The van der Waals surface area contributed by atoms with E-state index in [4.69, 9.17) is 5.11 Å². The molecule has 104 valence electrons. The van der Waals surface area contributed by atoms with E-state index < -0.39 is 0 Å². The highest BCUT2D eigenvalue weighted by atomic mass is 16.3. The third-order valence-electron chi connectivity index (χ3n) is 3.33. The molecular weight excluding hydrogens is 224 g/mol. The van der Waals surface area contributed by atoms with Gasteiger partial charge in [-0.05, 0) is 18.9 Å². The lowest BCUT2D eigenvalue weighted by molar-refractivity contribution is 0.257. The molecule has 3 heteroatoms. The Labute approximate surface area is 112 Å². The van der Waals surface area contributed by atoms with E-state index >= 15 is 0 Å². The second kappa shape index (κ2) is 10.1. The lowest BCUT2D eigenvalue weighted by Gasteiger charge is -2.16. The Morgan fingerprint density at radius 1 is 1.22 bits per heavy atom. The van der Waals surface area contributed by atoms with Crippen LogP contribution in [0.15, 0.2) is 17.1 Å². The van der Waals surface area contributed by atoms with Crippen molar-refractivity contribution in [3.05, 3.63) is 12.2 Å². The van der Waals surface area contributed by atoms with Crippen molar-refractivity contribution < 1.29 is 5.11 Å². The number of allylic oxidation sites excluding steroid dienone is 1. The molecule has 0 saturated carbocycles. The first-order chi connectivity index (χ1) is 8.88. The summed E-state index contributed by atoms with van der Waals surface area (Å²) in [5.41, 5.74) is 0. The molecular formula is C15H28N2O. The summed E-state index contributed by atoms with van der Waals surface area (Å²) < 4.78 is 0. The number of aliphatic hydroxyl groups is 1. The van der Waals surface area contributed by atoms with Crippen LogP contribution in [0.2, 0.25) is 0 Å². The van der Waals surface area contributed by atoms with Crippen LogP contribution in [-0.4, -0.2) is 42.1 Å². The number of rotatable bonds is 10. The van der Waals surface area contributed by atoms with E-state index in [1.807, 2.05) is 0 Å². The highest BCUT2D eigenvalue weighted by Crippen LogP contribution is 2.08. The minimum Gasteiger partial charge on any atom is -0.395 e. The predicted octanol–water partition coefficient (Wildman–Crippen LogP) is 3.00. The van der Waals surface area contributed by atoms with E-state index in [0.717, 1.165) is 25.3 Å². The predicted molar refractivity (Wildman–Crippen MR) is 78.1 cm³/mol. The minimum atomic E-state index is 0.213. The molecule has 1 N–H and O–H groups in total. The molecule has 0 aromatic rings. The van der Waals surface area contributed by atoms with Crippen molar-refractivity contribution in [2.45, 2.75) is 51.9 Å². The van der Waals surface area contributed by atoms with Gasteiger partial charge in [-0.3, -0.25) is 4.99 Å². The summed E-state index contributed by atoms with van der Waals surface area (Å²) in [5, 5.41) is 8.94. The zero-order valence-electron chi connectivity index (χ0n) is 11.8. The first-order valence-electron chi connectivity index (χ1n) is 7.45. The van der Waals surface area contributed by atoms with Gasteiger partial charge in [0.1, 0.15) is 5.84 Å². The van der Waals surface area contributed by atoms with Crippen LogP contribution in [0.1, 0.15) is 51.9 Å². The molecule has 0 fully saturated rings. The van der Waals surface area contributed by atoms with Gasteiger partial charge < -0.3 is 10.0 Å². The van der Waals surface area contributed by atoms with Crippen LogP contribution in [0.5, 0.6) is 0 Å². The molecule has 0 aromatic heterocycles. The van der Waals surface area contributed by atoms with Crippen molar-refractivity contribution in [2.24, 2.45) is 4.99 Å². The highest BCUT2D eigenvalue weighted by Gasteiger charge is 2.12. The Morgan fingerprint density at radius 2 is 2.00 bits per heavy atom. The van der Waals surface area contributed by atoms with E-state index in [1.165, 1.54) is 38.5 Å². The Morgan fingerprint density at radius 3 is 2.78 bits per heavy atom. The third-order valence-corrected chi connectivity index (χ3v) is 3.33. The maximum absolute atomic E-state index is 8.94. The largest absolute Gasteiger partial charge is 0.395 e. The molecule has 0 aliphatic carbocycles. The average Bonchev–Trinajstić information content (AvgIpc) is 2.81. The summed E-state index contributed by atoms with van der Waals surface area (Å²) in [7, 11) is 0. The van der Waals surface area contributed by atoms with Gasteiger partial charge in [-0.2, -0.15) is 0 Å². The van der Waals surface area contributed by atoms with Crippen LogP contribution in [0, 0.1) is 0 Å². The third kappa shape index (κ3) is 6.20. The first-order valence-corrected chi connectivity index (χ1v) is 7.45. The molecule has 0 amide bonds. The smallest absolute Gasteiger partial charge is 0.123 e. The van der Waals surface area contributed by atoms with Crippen LogP contribution < -0.4 is 0 Å². The van der Waals surface area contributed by atoms with Crippen molar-refractivity contribution in [1.29, 1.82) is 0 Å². The lowest BCUT2D eigenvalue weighted by Crippen LogP contribution is -2.29. The highest BCUT2D eigenvalue weighted by molar-refractivity contribution is 5.94. The molecule has 1 aliphatic rings. The maximum atomic E-state index is 8.94. The molecule has 0 radical (unpaired) electrons. The zero-order valence-corrected chi connectivity index (χ0v) is 11.8. The van der Waals surface area contributed by atoms with E-state index in [0.29, 0.717) is 6.54 Å². The van der Waals surface area contributed by atoms with Crippen molar-refractivity contribution >= 4 is 5.84 Å². The van der Waals surface area contributed by atoms with Gasteiger partial charge in [-0.1, -0.05) is 45.1 Å². The second-order valence-electron chi connectivity index (χ2n) is 4.91. The van der Waals surface area contributed by atoms with Gasteiger partial charge in [-0.25, -0.2) is 0 Å². The van der Waals surface area contributed by atoms with Gasteiger partial charge in [0, 0.05) is 13.1 Å². The van der Waals surface area contributed by atoms with E-state index in [-0.39, 0.29) is 6.61 Å². The van der Waals surface area contributed by atoms with E-state index in [1.54, 1.807) is 0 Å². The topological polar surface area (TPSA) is 35.8 Å². The summed E-state index contributed by atoms with van der Waals surface area (Å²) in [4.78, 5) is 6.59. The molecule has 0 saturated heterocycles. The number of unbranched alkanes of at least 4 members (excludes halogenated alkanes) is 6. The van der Waals surface area contributed by atoms with Crippen molar-refractivity contribution in [3.8, 4) is 0 Å². The minimum absolute atomic E-state index is 0.213. The van der Waals surface area contributed by atoms with Crippen LogP contribution in [0.4, 0.5) is 0 Å². The quantitative estimate of drug-likeness (QED) is 0.607. The summed E-state index contributed by atoms with van der Waals surface area (Å²) in [6, 6.07) is 0. The molecule has 0 spiro atoms. The Balaban J connectivity index is 2.05. The molecule has 0 atom stereocenters. The summed E-state index contributed by atoms with van der Waals surface area (Å²) in [6.07, 6.45) is 13.6. The normalized spacial score (nSPS) is 15.7. The van der Waals surface area contributed by atoms with Crippen LogP contribution in [-0.2, 0) is 0 Å². The molecule has 3 nitrogen and oxygen atoms in total. The van der Waals surface area contributed by atoms with Gasteiger partial charge >= 0.3 is 0 Å². The fourth-order valence-corrected chi connectivity index (χ4v) is 2.24. The zero-order chi connectivity index (χ0) is 13.1. The lowest BCUT2D eigenvalue weighted by atomic mass is 10.1. The van der Waals surface area contributed by atoms with Crippen LogP contribution >= 0.6 is 0 Å². The van der Waals surface area contributed by atoms with Crippen molar-refractivity contribution in [1.82, 2.24) is 4.90 Å². The molecule has 0 bridgehead atoms. The summed E-state index contributed by atoms with van der Waals surface area (Å²) in [6.45, 7) is 5.00. The fraction of sp³-hybridized carbons (Fsp3) is 0.800. The van der Waals surface area contributed by atoms with Gasteiger partial charge in [0.05, 0.1) is 13.2 Å². The number of hydrogen-bond donors (Lipinski definition) is 1. The number of β-amino-alcohol motifs (C(OH)–C–C–N with tert-alkyl or cyclic N) is 1. The van der Waals surface area contributed by atoms with Crippen LogP contribution in [0.3, 0.4) is 0 Å². The van der Waals surface area contributed by atoms with Gasteiger partial charge in [0.2, 0.25) is 0 Å². The molecule has 0 unspecified atom stereocenters. The van der Waals surface area contributed by atoms with Gasteiger partial charge in [0.25, 0.3) is 0 Å². The standard InChI is InChI=1S/C15H28N2O/c1-2-3-4-5-6-7-8-9-10-15-16-11-12-17(15)13-14-18/h9-10,18H,2-8,11-14H2,1H3/b10-9+. The summed E-state index contributed by atoms with van der Waals surface area (Å²) >= 11 is 0. The molecule has 0 aromatic carbocycles. The summed E-state index contributed by atoms with van der Waals surface area (Å²) in [5.74, 6) is 1.05. The number of aliphatic imine (C=N–C) groups is 1. The van der Waals surface area contributed by atoms with Crippen molar-refractivity contribution in [3.63, 3.8) is 0 Å². The van der Waals surface area contributed by atoms with Gasteiger partial charge in [-0.15, -0.1) is 0 Å². The molecule has 18 heavy (non-hydrogen) atoms. The Bertz CT molecular complexity index is 261. The van der Waals surface area contributed by atoms with E-state index in [9.17, 15) is 0 Å². The van der Waals surface area contributed by atoms with E-state index in [2.05, 4.69) is 29.0 Å². The second-order valence-corrected chi connectivity index (χ2v) is 4.91. The Hall–Kier alpha value is -0.830. The van der Waals surface area contributed by atoms with Crippen molar-refractivity contribution in [2.75, 3.05) is 26.2 Å². The Kier molecular flexibility index (Phi) is 8.57. The SMILES string of the molecule is CCCCCCCC/C=C/C1=NCCN1CCO. The monoisotopic (exact) mass is 252 g/mol.